The minimum absolute atomic E-state index is 0.271. The lowest BCUT2D eigenvalue weighted by Crippen LogP contribution is -2.22. The van der Waals surface area contributed by atoms with Gasteiger partial charge in [0.05, 0.1) is 12.0 Å². The SMILES string of the molecule is CCC1CC1(C(=O)O)c1ccc(OCC(C)C)cc1. The highest BCUT2D eigenvalue weighted by Crippen LogP contribution is 2.56. The third-order valence-electron chi connectivity index (χ3n) is 3.93. The number of rotatable bonds is 6. The van der Waals surface area contributed by atoms with Crippen LogP contribution in [0, 0.1) is 11.8 Å². The molecule has 1 aliphatic carbocycles. The maximum Gasteiger partial charge on any atom is 0.314 e. The topological polar surface area (TPSA) is 46.5 Å². The average Bonchev–Trinajstić information content (AvgIpc) is 3.13. The Morgan fingerprint density at radius 2 is 2.05 bits per heavy atom. The fraction of sp³-hybridized carbons (Fsp3) is 0.562. The lowest BCUT2D eigenvalue weighted by atomic mass is 9.92. The monoisotopic (exact) mass is 262 g/mol. The molecule has 2 atom stereocenters. The van der Waals surface area contributed by atoms with Crippen LogP contribution in [0.15, 0.2) is 24.3 Å². The van der Waals surface area contributed by atoms with E-state index in [1.165, 1.54) is 0 Å². The molecule has 0 heterocycles. The predicted octanol–water partition coefficient (Wildman–Crippen LogP) is 3.47. The third kappa shape index (κ3) is 2.60. The zero-order chi connectivity index (χ0) is 14.0. The fourth-order valence-corrected chi connectivity index (χ4v) is 2.67. The van der Waals surface area contributed by atoms with E-state index < -0.39 is 11.4 Å². The Morgan fingerprint density at radius 1 is 1.42 bits per heavy atom. The van der Waals surface area contributed by atoms with Gasteiger partial charge >= 0.3 is 5.97 Å². The van der Waals surface area contributed by atoms with Gasteiger partial charge < -0.3 is 9.84 Å². The molecular weight excluding hydrogens is 240 g/mol. The number of carboxylic acids is 1. The second kappa shape index (κ2) is 5.24. The quantitative estimate of drug-likeness (QED) is 0.853. The summed E-state index contributed by atoms with van der Waals surface area (Å²) in [6.07, 6.45) is 1.67. The Bertz CT molecular complexity index is 450. The minimum atomic E-state index is -0.699. The summed E-state index contributed by atoms with van der Waals surface area (Å²) < 4.78 is 5.62. The molecule has 2 rings (SSSR count). The summed E-state index contributed by atoms with van der Waals surface area (Å²) in [6.45, 7) is 6.93. The van der Waals surface area contributed by atoms with Crippen LogP contribution in [-0.2, 0) is 10.2 Å². The summed E-state index contributed by atoms with van der Waals surface area (Å²) in [5, 5.41) is 9.47. The van der Waals surface area contributed by atoms with E-state index in [2.05, 4.69) is 20.8 Å². The maximum absolute atomic E-state index is 11.5. The number of hydrogen-bond donors (Lipinski definition) is 1. The van der Waals surface area contributed by atoms with E-state index in [1.54, 1.807) is 0 Å². The van der Waals surface area contributed by atoms with Crippen LogP contribution in [0.4, 0.5) is 0 Å². The first-order valence-corrected chi connectivity index (χ1v) is 6.97. The lowest BCUT2D eigenvalue weighted by molar-refractivity contribution is -0.140. The van der Waals surface area contributed by atoms with Gasteiger partial charge in [-0.25, -0.2) is 0 Å². The van der Waals surface area contributed by atoms with Gasteiger partial charge in [0, 0.05) is 0 Å². The van der Waals surface area contributed by atoms with Gasteiger partial charge in [-0.15, -0.1) is 0 Å². The van der Waals surface area contributed by atoms with E-state index in [-0.39, 0.29) is 5.92 Å². The van der Waals surface area contributed by atoms with E-state index in [9.17, 15) is 9.90 Å². The first-order chi connectivity index (χ1) is 9.00. The second-order valence-corrected chi connectivity index (χ2v) is 5.82. The molecule has 1 aliphatic rings. The highest BCUT2D eigenvalue weighted by Gasteiger charge is 2.60. The normalized spacial score (nSPS) is 25.4. The zero-order valence-corrected chi connectivity index (χ0v) is 11.8. The Labute approximate surface area is 114 Å². The van der Waals surface area contributed by atoms with Crippen LogP contribution in [0.25, 0.3) is 0 Å². The maximum atomic E-state index is 11.5. The Balaban J connectivity index is 2.12. The van der Waals surface area contributed by atoms with Gasteiger partial charge in [-0.2, -0.15) is 0 Å². The molecule has 0 amide bonds. The van der Waals surface area contributed by atoms with E-state index >= 15 is 0 Å². The Kier molecular flexibility index (Phi) is 3.83. The molecule has 3 nitrogen and oxygen atoms in total. The first-order valence-electron chi connectivity index (χ1n) is 6.97. The summed E-state index contributed by atoms with van der Waals surface area (Å²) in [5.74, 6) is 0.868. The average molecular weight is 262 g/mol. The van der Waals surface area contributed by atoms with E-state index in [1.807, 2.05) is 24.3 Å². The number of carbonyl (C=O) groups is 1. The van der Waals surface area contributed by atoms with Crippen LogP contribution in [0.3, 0.4) is 0 Å². The van der Waals surface area contributed by atoms with Crippen LogP contribution < -0.4 is 4.74 Å². The van der Waals surface area contributed by atoms with Gasteiger partial charge in [0.25, 0.3) is 0 Å². The van der Waals surface area contributed by atoms with E-state index in [4.69, 9.17) is 4.74 Å². The van der Waals surface area contributed by atoms with Crippen molar-refractivity contribution in [3.8, 4) is 5.75 Å². The number of hydrogen-bond acceptors (Lipinski definition) is 2. The molecule has 1 fully saturated rings. The molecule has 1 aromatic carbocycles. The van der Waals surface area contributed by atoms with Crippen molar-refractivity contribution in [2.45, 2.75) is 39.0 Å². The van der Waals surface area contributed by atoms with Crippen molar-refractivity contribution in [1.82, 2.24) is 0 Å². The molecule has 1 saturated carbocycles. The summed E-state index contributed by atoms with van der Waals surface area (Å²) >= 11 is 0. The molecule has 0 saturated heterocycles. The van der Waals surface area contributed by atoms with Crippen molar-refractivity contribution in [2.24, 2.45) is 11.8 Å². The second-order valence-electron chi connectivity index (χ2n) is 5.82. The molecule has 19 heavy (non-hydrogen) atoms. The molecule has 0 spiro atoms. The van der Waals surface area contributed by atoms with Gasteiger partial charge in [0.15, 0.2) is 0 Å². The van der Waals surface area contributed by atoms with Gasteiger partial charge in [-0.05, 0) is 36.0 Å². The van der Waals surface area contributed by atoms with Gasteiger partial charge in [0.1, 0.15) is 5.75 Å². The van der Waals surface area contributed by atoms with Crippen molar-refractivity contribution in [3.05, 3.63) is 29.8 Å². The Hall–Kier alpha value is -1.51. The number of ether oxygens (including phenoxy) is 1. The van der Waals surface area contributed by atoms with Crippen LogP contribution in [-0.4, -0.2) is 17.7 Å². The number of aliphatic carboxylic acids is 1. The van der Waals surface area contributed by atoms with Crippen molar-refractivity contribution < 1.29 is 14.6 Å². The van der Waals surface area contributed by atoms with Crippen LogP contribution in [0.2, 0.25) is 0 Å². The summed E-state index contributed by atoms with van der Waals surface area (Å²) in [7, 11) is 0. The van der Waals surface area contributed by atoms with Gasteiger partial charge in [-0.3, -0.25) is 4.79 Å². The van der Waals surface area contributed by atoms with E-state index in [0.717, 1.165) is 24.2 Å². The lowest BCUT2D eigenvalue weighted by Gasteiger charge is -2.14. The molecular formula is C16H22O3. The van der Waals surface area contributed by atoms with Crippen molar-refractivity contribution in [1.29, 1.82) is 0 Å². The highest BCUT2D eigenvalue weighted by atomic mass is 16.5. The fourth-order valence-electron chi connectivity index (χ4n) is 2.67. The summed E-state index contributed by atoms with van der Waals surface area (Å²) in [6, 6.07) is 7.57. The molecule has 2 unspecified atom stereocenters. The molecule has 0 aromatic heterocycles. The van der Waals surface area contributed by atoms with Crippen LogP contribution in [0.5, 0.6) is 5.75 Å². The molecule has 0 radical (unpaired) electrons. The number of benzene rings is 1. The largest absolute Gasteiger partial charge is 0.493 e. The smallest absolute Gasteiger partial charge is 0.314 e. The van der Waals surface area contributed by atoms with Crippen LogP contribution in [0.1, 0.15) is 39.2 Å². The van der Waals surface area contributed by atoms with E-state index in [0.29, 0.717) is 12.5 Å². The van der Waals surface area contributed by atoms with Crippen molar-refractivity contribution in [3.63, 3.8) is 0 Å². The molecule has 3 heteroatoms. The summed E-state index contributed by atoms with van der Waals surface area (Å²) in [4.78, 5) is 11.5. The molecule has 1 aromatic rings. The third-order valence-corrected chi connectivity index (χ3v) is 3.93. The molecule has 0 aliphatic heterocycles. The highest BCUT2D eigenvalue weighted by molar-refractivity contribution is 5.85. The summed E-state index contributed by atoms with van der Waals surface area (Å²) in [5.41, 5.74) is 0.259. The van der Waals surface area contributed by atoms with Gasteiger partial charge in [-0.1, -0.05) is 39.3 Å². The molecule has 0 bridgehead atoms. The predicted molar refractivity (Wildman–Crippen MR) is 74.5 cm³/mol. The molecule has 104 valence electrons. The number of carboxylic acid groups (broad SMARTS) is 1. The standard InChI is InChI=1S/C16H22O3/c1-4-12-9-16(12,15(17)18)13-5-7-14(8-6-13)19-10-11(2)3/h5-8,11-12H,4,9-10H2,1-3H3,(H,17,18). The van der Waals surface area contributed by atoms with Crippen molar-refractivity contribution in [2.75, 3.05) is 6.61 Å². The Morgan fingerprint density at radius 3 is 2.47 bits per heavy atom. The van der Waals surface area contributed by atoms with Gasteiger partial charge in [0.2, 0.25) is 0 Å². The molecule has 1 N–H and O–H groups in total. The van der Waals surface area contributed by atoms with Crippen molar-refractivity contribution >= 4 is 5.97 Å². The first kappa shape index (κ1) is 13.9. The minimum Gasteiger partial charge on any atom is -0.493 e. The van der Waals surface area contributed by atoms with Crippen LogP contribution >= 0.6 is 0 Å². The zero-order valence-electron chi connectivity index (χ0n) is 11.8.